The summed E-state index contributed by atoms with van der Waals surface area (Å²) >= 11 is 1.75. The number of hydrogen-bond donors (Lipinski definition) is 0. The molecule has 0 bridgehead atoms. The van der Waals surface area contributed by atoms with E-state index in [4.69, 9.17) is 4.42 Å². The lowest BCUT2D eigenvalue weighted by atomic mass is 10.3. The van der Waals surface area contributed by atoms with E-state index in [1.807, 2.05) is 42.5 Å². The second-order valence-corrected chi connectivity index (χ2v) is 6.68. The Bertz CT molecular complexity index is 851. The lowest BCUT2D eigenvalue weighted by Crippen LogP contribution is -2.24. The average Bonchev–Trinajstić information content (AvgIpc) is 3.38. The smallest absolute Gasteiger partial charge is 0.170 e. The Kier molecular flexibility index (Phi) is 4.67. The molecule has 0 atom stereocenters. The molecule has 1 aromatic carbocycles. The van der Waals surface area contributed by atoms with Crippen LogP contribution in [0, 0.1) is 0 Å². The topological polar surface area (TPSA) is 60.0 Å². The van der Waals surface area contributed by atoms with Crippen LogP contribution in [0.2, 0.25) is 0 Å². The van der Waals surface area contributed by atoms with E-state index in [1.165, 1.54) is 4.88 Å². The summed E-state index contributed by atoms with van der Waals surface area (Å²) in [5, 5.41) is 14.3. The Morgan fingerprint density at radius 1 is 0.960 bits per heavy atom. The van der Waals surface area contributed by atoms with Gasteiger partial charge in [0, 0.05) is 11.4 Å². The molecule has 0 spiro atoms. The van der Waals surface area contributed by atoms with Gasteiger partial charge in [-0.1, -0.05) is 24.3 Å². The van der Waals surface area contributed by atoms with Gasteiger partial charge in [0.2, 0.25) is 0 Å². The van der Waals surface area contributed by atoms with Crippen molar-refractivity contribution in [3.63, 3.8) is 0 Å². The first kappa shape index (κ1) is 15.7. The zero-order chi connectivity index (χ0) is 16.9. The third-order valence-electron chi connectivity index (χ3n) is 3.82. The molecular formula is C18H17N5OS. The molecule has 0 fully saturated rings. The van der Waals surface area contributed by atoms with Crippen molar-refractivity contribution in [2.45, 2.75) is 19.6 Å². The second-order valence-electron chi connectivity index (χ2n) is 5.65. The normalized spacial score (nSPS) is 11.2. The van der Waals surface area contributed by atoms with Crippen LogP contribution in [0.15, 0.2) is 70.7 Å². The summed E-state index contributed by atoms with van der Waals surface area (Å²) in [6, 6.07) is 18.0. The van der Waals surface area contributed by atoms with Crippen molar-refractivity contribution in [3.05, 3.63) is 82.7 Å². The summed E-state index contributed by atoms with van der Waals surface area (Å²) in [4.78, 5) is 3.57. The van der Waals surface area contributed by atoms with Gasteiger partial charge in [-0.15, -0.1) is 16.4 Å². The minimum atomic E-state index is 0.625. The minimum absolute atomic E-state index is 0.625. The Labute approximate surface area is 149 Å². The zero-order valence-corrected chi connectivity index (χ0v) is 14.3. The summed E-state index contributed by atoms with van der Waals surface area (Å²) in [5.74, 6) is 1.73. The van der Waals surface area contributed by atoms with Crippen LogP contribution >= 0.6 is 11.3 Å². The number of aromatic nitrogens is 4. The largest absolute Gasteiger partial charge is 0.468 e. The predicted molar refractivity (Wildman–Crippen MR) is 95.1 cm³/mol. The van der Waals surface area contributed by atoms with Gasteiger partial charge in [-0.25, -0.2) is 0 Å². The van der Waals surface area contributed by atoms with Gasteiger partial charge in [-0.2, -0.15) is 4.68 Å². The fraction of sp³-hybridized carbons (Fsp3) is 0.167. The quantitative estimate of drug-likeness (QED) is 0.510. The summed E-state index contributed by atoms with van der Waals surface area (Å²) in [5.41, 5.74) is 0.955. The highest BCUT2D eigenvalue weighted by Gasteiger charge is 2.16. The third kappa shape index (κ3) is 3.84. The number of nitrogens with zero attached hydrogens (tertiary/aromatic N) is 5. The highest BCUT2D eigenvalue weighted by Crippen LogP contribution is 2.17. The molecule has 0 aliphatic carbocycles. The van der Waals surface area contributed by atoms with E-state index in [1.54, 1.807) is 22.3 Å². The van der Waals surface area contributed by atoms with Crippen LogP contribution in [0.5, 0.6) is 0 Å². The van der Waals surface area contributed by atoms with Crippen molar-refractivity contribution in [3.8, 4) is 5.69 Å². The third-order valence-corrected chi connectivity index (χ3v) is 4.68. The highest BCUT2D eigenvalue weighted by molar-refractivity contribution is 7.09. The van der Waals surface area contributed by atoms with Crippen molar-refractivity contribution < 1.29 is 4.42 Å². The van der Waals surface area contributed by atoms with Crippen LogP contribution in [0.1, 0.15) is 16.5 Å². The number of tetrazole rings is 1. The van der Waals surface area contributed by atoms with Crippen molar-refractivity contribution in [2.75, 3.05) is 0 Å². The van der Waals surface area contributed by atoms with Gasteiger partial charge in [0.1, 0.15) is 5.76 Å². The molecule has 0 saturated carbocycles. The Balaban J connectivity index is 1.57. The Morgan fingerprint density at radius 2 is 1.88 bits per heavy atom. The lowest BCUT2D eigenvalue weighted by Gasteiger charge is -2.20. The molecule has 0 amide bonds. The number of benzene rings is 1. The summed E-state index contributed by atoms with van der Waals surface area (Å²) in [7, 11) is 0. The van der Waals surface area contributed by atoms with Crippen LogP contribution in [0.3, 0.4) is 0 Å². The van der Waals surface area contributed by atoms with E-state index >= 15 is 0 Å². The second kappa shape index (κ2) is 7.42. The molecule has 25 heavy (non-hydrogen) atoms. The van der Waals surface area contributed by atoms with Gasteiger partial charge in [-0.05, 0) is 46.1 Å². The molecule has 0 aliphatic rings. The van der Waals surface area contributed by atoms with E-state index in [0.29, 0.717) is 13.1 Å². The fourth-order valence-corrected chi connectivity index (χ4v) is 3.43. The van der Waals surface area contributed by atoms with Gasteiger partial charge >= 0.3 is 0 Å². The van der Waals surface area contributed by atoms with Crippen LogP contribution in [-0.2, 0) is 19.6 Å². The van der Waals surface area contributed by atoms with Crippen LogP contribution < -0.4 is 0 Å². The maximum atomic E-state index is 5.52. The number of furan rings is 1. The zero-order valence-electron chi connectivity index (χ0n) is 13.5. The first-order chi connectivity index (χ1) is 12.4. The molecule has 4 aromatic rings. The number of hydrogen-bond acceptors (Lipinski definition) is 6. The summed E-state index contributed by atoms with van der Waals surface area (Å²) in [6.07, 6.45) is 1.70. The first-order valence-electron chi connectivity index (χ1n) is 7.98. The van der Waals surface area contributed by atoms with E-state index < -0.39 is 0 Å². The monoisotopic (exact) mass is 351 g/mol. The number of rotatable bonds is 7. The van der Waals surface area contributed by atoms with E-state index in [2.05, 4.69) is 37.9 Å². The molecule has 3 heterocycles. The molecule has 4 rings (SSSR count). The van der Waals surface area contributed by atoms with Crippen molar-refractivity contribution in [2.24, 2.45) is 0 Å². The van der Waals surface area contributed by atoms with Crippen LogP contribution in [-0.4, -0.2) is 25.1 Å². The van der Waals surface area contributed by atoms with E-state index in [0.717, 1.165) is 23.8 Å². The SMILES string of the molecule is c1ccc(-n2nnnc2CN(Cc2ccco2)Cc2cccs2)cc1. The fourth-order valence-electron chi connectivity index (χ4n) is 2.69. The molecule has 7 heteroatoms. The van der Waals surface area contributed by atoms with E-state index in [-0.39, 0.29) is 0 Å². The molecule has 3 aromatic heterocycles. The van der Waals surface area contributed by atoms with E-state index in [9.17, 15) is 0 Å². The molecular weight excluding hydrogens is 334 g/mol. The number of thiophene rings is 1. The molecule has 6 nitrogen and oxygen atoms in total. The Hall–Kier alpha value is -2.77. The maximum absolute atomic E-state index is 5.52. The molecule has 0 saturated heterocycles. The van der Waals surface area contributed by atoms with Crippen molar-refractivity contribution >= 4 is 11.3 Å². The standard InChI is InChI=1S/C18H17N5OS/c1-2-6-15(7-3-1)23-18(19-20-21-23)14-22(12-16-8-4-10-24-16)13-17-9-5-11-25-17/h1-11H,12-14H2. The number of para-hydroxylation sites is 1. The van der Waals surface area contributed by atoms with Crippen LogP contribution in [0.4, 0.5) is 0 Å². The van der Waals surface area contributed by atoms with Gasteiger partial charge in [0.05, 0.1) is 25.0 Å². The highest BCUT2D eigenvalue weighted by atomic mass is 32.1. The molecule has 126 valence electrons. The predicted octanol–water partition coefficient (Wildman–Crippen LogP) is 3.52. The van der Waals surface area contributed by atoms with Crippen molar-refractivity contribution in [1.82, 2.24) is 25.1 Å². The summed E-state index contributed by atoms with van der Waals surface area (Å²) < 4.78 is 7.30. The van der Waals surface area contributed by atoms with Gasteiger partial charge < -0.3 is 4.42 Å². The first-order valence-corrected chi connectivity index (χ1v) is 8.86. The Morgan fingerprint density at radius 3 is 2.64 bits per heavy atom. The maximum Gasteiger partial charge on any atom is 0.170 e. The minimum Gasteiger partial charge on any atom is -0.468 e. The van der Waals surface area contributed by atoms with Gasteiger partial charge in [0.25, 0.3) is 0 Å². The lowest BCUT2D eigenvalue weighted by molar-refractivity contribution is 0.221. The summed E-state index contributed by atoms with van der Waals surface area (Å²) in [6.45, 7) is 2.15. The van der Waals surface area contributed by atoms with Crippen molar-refractivity contribution in [1.29, 1.82) is 0 Å². The molecule has 0 radical (unpaired) electrons. The molecule has 0 unspecified atom stereocenters. The van der Waals surface area contributed by atoms with Gasteiger partial charge in [-0.3, -0.25) is 4.90 Å². The van der Waals surface area contributed by atoms with Crippen LogP contribution in [0.25, 0.3) is 5.69 Å². The average molecular weight is 351 g/mol. The molecule has 0 N–H and O–H groups in total. The molecule has 0 aliphatic heterocycles. The van der Waals surface area contributed by atoms with Gasteiger partial charge in [0.15, 0.2) is 5.82 Å².